The van der Waals surface area contributed by atoms with Crippen molar-refractivity contribution in [2.24, 2.45) is 0 Å². The second kappa shape index (κ2) is 13.5. The van der Waals surface area contributed by atoms with Crippen molar-refractivity contribution in [3.63, 3.8) is 0 Å². The number of hydrogen-bond acceptors (Lipinski definition) is 7. The van der Waals surface area contributed by atoms with Gasteiger partial charge in [0.2, 0.25) is 5.88 Å². The van der Waals surface area contributed by atoms with Crippen LogP contribution in [0.5, 0.6) is 5.88 Å². The normalized spacial score (nSPS) is 13.2. The van der Waals surface area contributed by atoms with Crippen LogP contribution in [0.4, 0.5) is 13.2 Å². The van der Waals surface area contributed by atoms with Crippen LogP contribution in [-0.4, -0.2) is 51.4 Å². The Morgan fingerprint density at radius 2 is 1.74 bits per heavy atom. The zero-order valence-electron chi connectivity index (χ0n) is 19.7. The van der Waals surface area contributed by atoms with Gasteiger partial charge < -0.3 is 9.47 Å². The number of fused-ring (bicyclic) bond motifs is 1. The van der Waals surface area contributed by atoms with Crippen molar-refractivity contribution in [1.82, 2.24) is 24.9 Å². The van der Waals surface area contributed by atoms with Gasteiger partial charge in [0.15, 0.2) is 5.65 Å². The summed E-state index contributed by atoms with van der Waals surface area (Å²) in [6.07, 6.45) is 1.52. The Morgan fingerprint density at radius 1 is 1.03 bits per heavy atom. The Kier molecular flexibility index (Phi) is 10.8. The maximum Gasteiger partial charge on any atom is 0.389 e. The summed E-state index contributed by atoms with van der Waals surface area (Å²) in [6.45, 7) is 9.24. The average Bonchev–Trinajstić information content (AvgIpc) is 2.85. The van der Waals surface area contributed by atoms with Crippen LogP contribution in [0.25, 0.3) is 16.7 Å². The van der Waals surface area contributed by atoms with Gasteiger partial charge in [-0.3, -0.25) is 0 Å². The van der Waals surface area contributed by atoms with Crippen molar-refractivity contribution < 1.29 is 22.6 Å². The highest BCUT2D eigenvalue weighted by molar-refractivity contribution is 5.83. The molecule has 0 radical (unpaired) electrons. The number of halogens is 3. The van der Waals surface area contributed by atoms with E-state index in [1.165, 1.54) is 25.6 Å². The Hall–Kier alpha value is -3.14. The molecular weight excluding hydrogens is 447 g/mol. The molecule has 184 valence electrons. The van der Waals surface area contributed by atoms with E-state index in [4.69, 9.17) is 9.47 Å². The van der Waals surface area contributed by atoms with E-state index >= 15 is 0 Å². The molecule has 0 saturated carbocycles. The molecule has 1 fully saturated rings. The highest BCUT2D eigenvalue weighted by Gasteiger charge is 2.27. The van der Waals surface area contributed by atoms with Gasteiger partial charge in [0.05, 0.1) is 24.2 Å². The number of alkyl halides is 3. The SMILES string of the molecule is C1CCOCC1.C=C(CCC(F)(F)F)c1ncnc2nc(C)c(C)nc12.COc1ccccn1. The molecule has 0 unspecified atom stereocenters. The summed E-state index contributed by atoms with van der Waals surface area (Å²) in [5.41, 5.74) is 2.79. The third-order valence-electron chi connectivity index (χ3n) is 4.85. The minimum atomic E-state index is -4.22. The van der Waals surface area contributed by atoms with Crippen LogP contribution >= 0.6 is 0 Å². The van der Waals surface area contributed by atoms with E-state index in [-0.39, 0.29) is 12.0 Å². The predicted molar refractivity (Wildman–Crippen MR) is 124 cm³/mol. The monoisotopic (exact) mass is 477 g/mol. The van der Waals surface area contributed by atoms with Gasteiger partial charge in [0.25, 0.3) is 0 Å². The molecule has 0 amide bonds. The molecule has 3 aromatic rings. The number of allylic oxidation sites excluding steroid dienone is 1. The van der Waals surface area contributed by atoms with Gasteiger partial charge in [-0.1, -0.05) is 12.6 Å². The molecule has 4 rings (SSSR count). The van der Waals surface area contributed by atoms with Crippen LogP contribution in [0.15, 0.2) is 37.3 Å². The first-order valence-electron chi connectivity index (χ1n) is 10.9. The Labute approximate surface area is 197 Å². The maximum atomic E-state index is 12.3. The fraction of sp³-hybridized carbons (Fsp3) is 0.458. The number of rotatable bonds is 4. The van der Waals surface area contributed by atoms with Crippen LogP contribution < -0.4 is 4.74 Å². The summed E-state index contributed by atoms with van der Waals surface area (Å²) < 4.78 is 46.7. The van der Waals surface area contributed by atoms with Gasteiger partial charge >= 0.3 is 6.18 Å². The highest BCUT2D eigenvalue weighted by atomic mass is 19.4. The van der Waals surface area contributed by atoms with Crippen molar-refractivity contribution in [2.75, 3.05) is 20.3 Å². The number of aromatic nitrogens is 5. The summed E-state index contributed by atoms with van der Waals surface area (Å²) in [6, 6.07) is 5.54. The molecule has 34 heavy (non-hydrogen) atoms. The lowest BCUT2D eigenvalue weighted by Gasteiger charge is -2.10. The smallest absolute Gasteiger partial charge is 0.389 e. The first-order chi connectivity index (χ1) is 16.2. The molecule has 0 aromatic carbocycles. The fourth-order valence-electron chi connectivity index (χ4n) is 2.87. The number of nitrogens with zero attached hydrogens (tertiary/aromatic N) is 5. The molecule has 0 aliphatic carbocycles. The molecule has 1 saturated heterocycles. The van der Waals surface area contributed by atoms with E-state index in [1.54, 1.807) is 33.2 Å². The lowest BCUT2D eigenvalue weighted by atomic mass is 10.1. The molecule has 7 nitrogen and oxygen atoms in total. The summed E-state index contributed by atoms with van der Waals surface area (Å²) in [7, 11) is 1.60. The van der Waals surface area contributed by atoms with Gasteiger partial charge in [0.1, 0.15) is 11.8 Å². The van der Waals surface area contributed by atoms with Crippen LogP contribution in [-0.2, 0) is 4.74 Å². The van der Waals surface area contributed by atoms with Gasteiger partial charge in [-0.05, 0) is 51.2 Å². The zero-order chi connectivity index (χ0) is 25.0. The number of pyridine rings is 1. The molecule has 1 aliphatic rings. The second-order valence-electron chi connectivity index (χ2n) is 7.55. The largest absolute Gasteiger partial charge is 0.481 e. The van der Waals surface area contributed by atoms with Gasteiger partial charge in [-0.2, -0.15) is 13.2 Å². The number of ether oxygens (including phenoxy) is 2. The van der Waals surface area contributed by atoms with Crippen molar-refractivity contribution in [2.45, 2.75) is 52.1 Å². The lowest BCUT2D eigenvalue weighted by Crippen LogP contribution is -2.07. The van der Waals surface area contributed by atoms with E-state index in [1.807, 2.05) is 12.1 Å². The standard InChI is InChI=1S/C13H13F3N4.C6H7NO.C5H10O/c1-7(4-5-13(14,15)16)10-11-12(18-6-17-10)20-9(3)8(2)19-11;1-8-6-4-2-3-5-7-6;1-2-4-6-5-3-1/h6H,1,4-5H2,2-3H3;2-5H,1H3;1-5H2. The van der Waals surface area contributed by atoms with Gasteiger partial charge in [-0.25, -0.2) is 24.9 Å². The van der Waals surface area contributed by atoms with Crippen LogP contribution in [0.1, 0.15) is 49.2 Å². The van der Waals surface area contributed by atoms with Crippen molar-refractivity contribution in [3.05, 3.63) is 54.4 Å². The molecule has 10 heteroatoms. The molecule has 0 N–H and O–H groups in total. The topological polar surface area (TPSA) is 82.9 Å². The van der Waals surface area contributed by atoms with Crippen molar-refractivity contribution in [3.8, 4) is 5.88 Å². The van der Waals surface area contributed by atoms with E-state index in [0.717, 1.165) is 18.9 Å². The molecule has 1 aliphatic heterocycles. The summed E-state index contributed by atoms with van der Waals surface area (Å²) in [4.78, 5) is 20.4. The molecule has 0 bridgehead atoms. The van der Waals surface area contributed by atoms with E-state index in [9.17, 15) is 13.2 Å². The summed E-state index contributed by atoms with van der Waals surface area (Å²) in [5, 5.41) is 0. The molecule has 0 spiro atoms. The summed E-state index contributed by atoms with van der Waals surface area (Å²) >= 11 is 0. The third kappa shape index (κ3) is 9.38. The Morgan fingerprint density at radius 3 is 2.24 bits per heavy atom. The van der Waals surface area contributed by atoms with Crippen molar-refractivity contribution in [1.29, 1.82) is 0 Å². The Balaban J connectivity index is 0.000000236. The molecule has 0 atom stereocenters. The number of hydrogen-bond donors (Lipinski definition) is 0. The highest BCUT2D eigenvalue weighted by Crippen LogP contribution is 2.28. The second-order valence-corrected chi connectivity index (χ2v) is 7.55. The molecule has 3 aromatic heterocycles. The first kappa shape index (κ1) is 27.1. The van der Waals surface area contributed by atoms with Crippen LogP contribution in [0.2, 0.25) is 0 Å². The fourth-order valence-corrected chi connectivity index (χ4v) is 2.87. The number of aryl methyl sites for hydroxylation is 2. The average molecular weight is 478 g/mol. The molecule has 4 heterocycles. The van der Waals surface area contributed by atoms with E-state index in [2.05, 4.69) is 31.5 Å². The van der Waals surface area contributed by atoms with Gasteiger partial charge in [-0.15, -0.1) is 0 Å². The zero-order valence-corrected chi connectivity index (χ0v) is 19.7. The van der Waals surface area contributed by atoms with E-state index < -0.39 is 12.6 Å². The third-order valence-corrected chi connectivity index (χ3v) is 4.85. The number of methoxy groups -OCH3 is 1. The first-order valence-corrected chi connectivity index (χ1v) is 10.9. The quantitative estimate of drug-likeness (QED) is 0.479. The molecular formula is C24H30F3N5O2. The lowest BCUT2D eigenvalue weighted by molar-refractivity contribution is -0.133. The maximum absolute atomic E-state index is 12.3. The summed E-state index contributed by atoms with van der Waals surface area (Å²) in [5.74, 6) is 0.660. The van der Waals surface area contributed by atoms with Crippen molar-refractivity contribution >= 4 is 16.7 Å². The minimum absolute atomic E-state index is 0.218. The Bertz CT molecular complexity index is 1030. The minimum Gasteiger partial charge on any atom is -0.481 e. The van der Waals surface area contributed by atoms with Crippen LogP contribution in [0, 0.1) is 13.8 Å². The van der Waals surface area contributed by atoms with Gasteiger partial charge in [0, 0.05) is 31.9 Å². The predicted octanol–water partition coefficient (Wildman–Crippen LogP) is 5.67. The van der Waals surface area contributed by atoms with E-state index in [0.29, 0.717) is 28.4 Å². The van der Waals surface area contributed by atoms with Crippen LogP contribution in [0.3, 0.4) is 0 Å².